The molecule has 1 saturated heterocycles. The largest absolute Gasteiger partial charge is 0.497 e. The molecule has 8 heteroatoms. The third-order valence-corrected chi connectivity index (χ3v) is 5.52. The molecule has 0 saturated carbocycles. The van der Waals surface area contributed by atoms with E-state index in [0.29, 0.717) is 23.1 Å². The van der Waals surface area contributed by atoms with Gasteiger partial charge < -0.3 is 20.3 Å². The van der Waals surface area contributed by atoms with E-state index in [4.69, 9.17) is 4.74 Å². The number of hydrogen-bond donors (Lipinski definition) is 2. The third kappa shape index (κ3) is 5.74. The van der Waals surface area contributed by atoms with Crippen molar-refractivity contribution in [3.63, 3.8) is 0 Å². The number of methoxy groups -OCH3 is 1. The van der Waals surface area contributed by atoms with Crippen molar-refractivity contribution in [2.45, 2.75) is 12.5 Å². The van der Waals surface area contributed by atoms with Crippen molar-refractivity contribution in [3.05, 3.63) is 60.2 Å². The van der Waals surface area contributed by atoms with Crippen LogP contribution in [0.4, 0.5) is 5.69 Å². The lowest BCUT2D eigenvalue weighted by atomic mass is 10.1. The Bertz CT molecular complexity index is 858. The molecule has 1 atom stereocenters. The second kappa shape index (κ2) is 9.97. The highest BCUT2D eigenvalue weighted by molar-refractivity contribution is 7.99. The monoisotopic (exact) mass is 413 g/mol. The Kier molecular flexibility index (Phi) is 7.13. The van der Waals surface area contributed by atoms with Gasteiger partial charge in [-0.1, -0.05) is 30.3 Å². The van der Waals surface area contributed by atoms with E-state index in [1.165, 1.54) is 16.7 Å². The molecule has 1 aliphatic heterocycles. The van der Waals surface area contributed by atoms with Crippen LogP contribution in [0.25, 0.3) is 0 Å². The summed E-state index contributed by atoms with van der Waals surface area (Å²) in [4.78, 5) is 38.8. The molecule has 3 rings (SSSR count). The maximum atomic E-state index is 12.6. The number of anilines is 1. The van der Waals surface area contributed by atoms with Gasteiger partial charge in [-0.05, 0) is 29.8 Å². The minimum absolute atomic E-state index is 0.126. The Morgan fingerprint density at radius 1 is 1.10 bits per heavy atom. The zero-order chi connectivity index (χ0) is 20.6. The molecule has 3 amide bonds. The van der Waals surface area contributed by atoms with Gasteiger partial charge in [-0.3, -0.25) is 14.4 Å². The number of amides is 3. The molecule has 0 aromatic heterocycles. The van der Waals surface area contributed by atoms with Gasteiger partial charge in [0.25, 0.3) is 0 Å². The molecule has 0 radical (unpaired) electrons. The summed E-state index contributed by atoms with van der Waals surface area (Å²) >= 11 is 1.51. The summed E-state index contributed by atoms with van der Waals surface area (Å²) in [7, 11) is 1.57. The van der Waals surface area contributed by atoms with Crippen molar-refractivity contribution in [1.29, 1.82) is 0 Å². The molecule has 1 aliphatic rings. The van der Waals surface area contributed by atoms with Gasteiger partial charge in [0, 0.05) is 11.4 Å². The Morgan fingerprint density at radius 3 is 2.52 bits per heavy atom. The molecular weight excluding hydrogens is 390 g/mol. The van der Waals surface area contributed by atoms with Crippen LogP contribution in [0.15, 0.2) is 54.6 Å². The highest BCUT2D eigenvalue weighted by Crippen LogP contribution is 2.23. The average molecular weight is 413 g/mol. The molecule has 1 heterocycles. The molecule has 1 fully saturated rings. The Balaban J connectivity index is 1.51. The van der Waals surface area contributed by atoms with Crippen molar-refractivity contribution in [3.8, 4) is 5.75 Å². The van der Waals surface area contributed by atoms with Crippen molar-refractivity contribution in [1.82, 2.24) is 10.2 Å². The van der Waals surface area contributed by atoms with E-state index < -0.39 is 6.04 Å². The summed E-state index contributed by atoms with van der Waals surface area (Å²) in [6, 6.07) is 15.8. The van der Waals surface area contributed by atoms with Crippen LogP contribution in [0.2, 0.25) is 0 Å². The minimum Gasteiger partial charge on any atom is -0.497 e. The zero-order valence-electron chi connectivity index (χ0n) is 16.1. The van der Waals surface area contributed by atoms with Crippen LogP contribution >= 0.6 is 11.8 Å². The molecule has 2 N–H and O–H groups in total. The second-order valence-corrected chi connectivity index (χ2v) is 7.54. The number of hydrogen-bond acceptors (Lipinski definition) is 5. The fourth-order valence-electron chi connectivity index (χ4n) is 2.93. The molecule has 0 bridgehead atoms. The van der Waals surface area contributed by atoms with Gasteiger partial charge >= 0.3 is 0 Å². The lowest BCUT2D eigenvalue weighted by Crippen LogP contribution is -2.48. The van der Waals surface area contributed by atoms with E-state index in [0.717, 1.165) is 5.56 Å². The first-order chi connectivity index (χ1) is 14.1. The molecular formula is C21H23N3O4S. The molecule has 1 unspecified atom stereocenters. The number of ether oxygens (including phenoxy) is 1. The van der Waals surface area contributed by atoms with Gasteiger partial charge in [-0.15, -0.1) is 11.8 Å². The summed E-state index contributed by atoms with van der Waals surface area (Å²) in [5.74, 6) is 0.897. The van der Waals surface area contributed by atoms with Gasteiger partial charge in [0.2, 0.25) is 17.7 Å². The Morgan fingerprint density at radius 2 is 1.83 bits per heavy atom. The minimum atomic E-state index is -0.569. The third-order valence-electron chi connectivity index (χ3n) is 4.51. The number of rotatable bonds is 7. The van der Waals surface area contributed by atoms with Crippen LogP contribution in [-0.2, 0) is 20.8 Å². The van der Waals surface area contributed by atoms with Crippen molar-refractivity contribution < 1.29 is 19.1 Å². The van der Waals surface area contributed by atoms with Crippen molar-refractivity contribution in [2.24, 2.45) is 0 Å². The number of carbonyl (C=O) groups is 3. The highest BCUT2D eigenvalue weighted by Gasteiger charge is 2.34. The van der Waals surface area contributed by atoms with Crippen LogP contribution in [0.3, 0.4) is 0 Å². The average Bonchev–Trinajstić information content (AvgIpc) is 3.23. The van der Waals surface area contributed by atoms with E-state index in [9.17, 15) is 14.4 Å². The molecule has 0 aliphatic carbocycles. The highest BCUT2D eigenvalue weighted by atomic mass is 32.2. The zero-order valence-corrected chi connectivity index (χ0v) is 16.9. The van der Waals surface area contributed by atoms with Crippen molar-refractivity contribution in [2.75, 3.05) is 30.6 Å². The van der Waals surface area contributed by atoms with E-state index in [2.05, 4.69) is 10.6 Å². The molecule has 29 heavy (non-hydrogen) atoms. The molecule has 2 aromatic carbocycles. The molecule has 0 spiro atoms. The summed E-state index contributed by atoms with van der Waals surface area (Å²) < 4.78 is 5.10. The fraction of sp³-hybridized carbons (Fsp3) is 0.286. The number of benzene rings is 2. The van der Waals surface area contributed by atoms with Gasteiger partial charge in [0.05, 0.1) is 26.0 Å². The number of thioether (sulfide) groups is 1. The topological polar surface area (TPSA) is 87.7 Å². The smallest absolute Gasteiger partial charge is 0.248 e. The summed E-state index contributed by atoms with van der Waals surface area (Å²) in [6.07, 6.45) is 0.213. The molecule has 7 nitrogen and oxygen atoms in total. The van der Waals surface area contributed by atoms with Crippen molar-refractivity contribution >= 4 is 35.2 Å². The number of nitrogens with zero attached hydrogens (tertiary/aromatic N) is 1. The lowest BCUT2D eigenvalue weighted by molar-refractivity contribution is -0.136. The lowest BCUT2D eigenvalue weighted by Gasteiger charge is -2.23. The SMILES string of the molecule is COc1ccc(NC(=O)C2CSCN2C(=O)CNC(=O)Cc2ccccc2)cc1. The first-order valence-electron chi connectivity index (χ1n) is 9.19. The van der Waals surface area contributed by atoms with Gasteiger partial charge in [0.15, 0.2) is 0 Å². The maximum Gasteiger partial charge on any atom is 0.248 e. The summed E-state index contributed by atoms with van der Waals surface area (Å²) in [5.41, 5.74) is 1.52. The normalized spacial score (nSPS) is 15.6. The van der Waals surface area contributed by atoms with Crippen LogP contribution in [0.1, 0.15) is 5.56 Å². The van der Waals surface area contributed by atoms with Gasteiger partial charge in [0.1, 0.15) is 11.8 Å². The maximum absolute atomic E-state index is 12.6. The fourth-order valence-corrected chi connectivity index (χ4v) is 4.11. The Hall–Kier alpha value is -3.00. The quantitative estimate of drug-likeness (QED) is 0.724. The van der Waals surface area contributed by atoms with Crippen LogP contribution in [0.5, 0.6) is 5.75 Å². The molecule has 152 valence electrons. The predicted molar refractivity (Wildman–Crippen MR) is 113 cm³/mol. The van der Waals surface area contributed by atoms with E-state index in [-0.39, 0.29) is 30.7 Å². The van der Waals surface area contributed by atoms with E-state index in [1.807, 2.05) is 30.3 Å². The van der Waals surface area contributed by atoms with Crippen LogP contribution in [0, 0.1) is 0 Å². The standard InChI is InChI=1S/C21H23N3O4S/c1-28-17-9-7-16(8-10-17)23-21(27)18-13-29-14-24(18)20(26)12-22-19(25)11-15-5-3-2-4-6-15/h2-10,18H,11-14H2,1H3,(H,22,25)(H,23,27). The van der Waals surface area contributed by atoms with Crippen LogP contribution < -0.4 is 15.4 Å². The first-order valence-corrected chi connectivity index (χ1v) is 10.3. The molecule has 2 aromatic rings. The predicted octanol–water partition coefficient (Wildman–Crippen LogP) is 1.89. The van der Waals surface area contributed by atoms with E-state index >= 15 is 0 Å². The first kappa shape index (κ1) is 20.7. The summed E-state index contributed by atoms with van der Waals surface area (Å²) in [6.45, 7) is -0.126. The van der Waals surface area contributed by atoms with Gasteiger partial charge in [-0.2, -0.15) is 0 Å². The summed E-state index contributed by atoms with van der Waals surface area (Å²) in [5, 5.41) is 5.47. The van der Waals surface area contributed by atoms with E-state index in [1.54, 1.807) is 31.4 Å². The second-order valence-electron chi connectivity index (χ2n) is 6.54. The van der Waals surface area contributed by atoms with Gasteiger partial charge in [-0.25, -0.2) is 0 Å². The Labute approximate surface area is 173 Å². The number of nitrogens with one attached hydrogen (secondary N) is 2. The number of carbonyl (C=O) groups excluding carboxylic acids is 3. The van der Waals surface area contributed by atoms with Crippen LogP contribution in [-0.4, -0.2) is 53.9 Å².